The van der Waals surface area contributed by atoms with Crippen LogP contribution in [0.15, 0.2) is 4.21 Å². The van der Waals surface area contributed by atoms with Gasteiger partial charge >= 0.3 is 5.97 Å². The van der Waals surface area contributed by atoms with Crippen molar-refractivity contribution in [2.45, 2.75) is 31.4 Å². The van der Waals surface area contributed by atoms with Gasteiger partial charge in [0, 0.05) is 5.56 Å². The van der Waals surface area contributed by atoms with Crippen LogP contribution in [0.1, 0.15) is 45.9 Å². The van der Waals surface area contributed by atoms with Gasteiger partial charge < -0.3 is 4.74 Å². The zero-order valence-electron chi connectivity index (χ0n) is 11.4. The normalized spacial score (nSPS) is 10.3. The van der Waals surface area contributed by atoms with E-state index in [0.29, 0.717) is 22.6 Å². The molecule has 1 rings (SSSR count). The fourth-order valence-corrected chi connectivity index (χ4v) is 3.67. The zero-order valence-corrected chi connectivity index (χ0v) is 13.0. The Morgan fingerprint density at radius 1 is 1.32 bits per heavy atom. The first-order valence-corrected chi connectivity index (χ1v) is 7.83. The van der Waals surface area contributed by atoms with Crippen LogP contribution in [0.25, 0.3) is 0 Å². The molecule has 0 aliphatic carbocycles. The number of thiophene rings is 1. The van der Waals surface area contributed by atoms with E-state index in [9.17, 15) is 14.4 Å². The van der Waals surface area contributed by atoms with Crippen molar-refractivity contribution in [3.63, 3.8) is 0 Å². The van der Waals surface area contributed by atoms with Crippen molar-refractivity contribution in [1.82, 2.24) is 0 Å². The van der Waals surface area contributed by atoms with Gasteiger partial charge in [0.25, 0.3) is 0 Å². The molecule has 1 aromatic rings. The van der Waals surface area contributed by atoms with Crippen molar-refractivity contribution in [2.24, 2.45) is 0 Å². The Kier molecular flexibility index (Phi) is 5.75. The third kappa shape index (κ3) is 3.67. The van der Waals surface area contributed by atoms with E-state index in [1.54, 1.807) is 13.8 Å². The molecular formula is C13H16O4S2. The Labute approximate surface area is 120 Å². The van der Waals surface area contributed by atoms with Crippen LogP contribution in [-0.4, -0.2) is 30.4 Å². The van der Waals surface area contributed by atoms with Gasteiger partial charge in [0.05, 0.1) is 17.2 Å². The Morgan fingerprint density at radius 3 is 2.42 bits per heavy atom. The summed E-state index contributed by atoms with van der Waals surface area (Å²) in [4.78, 5) is 35.4. The highest BCUT2D eigenvalue weighted by molar-refractivity contribution is 8.00. The molecule has 104 valence electrons. The maximum absolute atomic E-state index is 12.1. The van der Waals surface area contributed by atoms with Crippen LogP contribution in [0.4, 0.5) is 0 Å². The lowest BCUT2D eigenvalue weighted by atomic mass is 10.0. The Bertz CT molecular complexity index is 517. The molecule has 4 nitrogen and oxygen atoms in total. The standard InChI is InChI=1S/C13H16O4S2/c1-5-17-12(16)11-8(3)10(13(18-4)19-11)9(15)6-7(2)14/h5-6H2,1-4H3. The molecule has 0 aliphatic rings. The second-order valence-electron chi connectivity index (χ2n) is 3.95. The van der Waals surface area contributed by atoms with Crippen LogP contribution in [0.5, 0.6) is 0 Å². The highest BCUT2D eigenvalue weighted by Crippen LogP contribution is 2.36. The number of carbonyl (C=O) groups is 3. The average Bonchev–Trinajstić information content (AvgIpc) is 2.65. The highest BCUT2D eigenvalue weighted by atomic mass is 32.2. The van der Waals surface area contributed by atoms with Gasteiger partial charge in [-0.3, -0.25) is 9.59 Å². The summed E-state index contributed by atoms with van der Waals surface area (Å²) < 4.78 is 5.72. The molecule has 0 radical (unpaired) electrons. The van der Waals surface area contributed by atoms with Crippen molar-refractivity contribution in [3.8, 4) is 0 Å². The molecule has 0 spiro atoms. The molecule has 0 saturated heterocycles. The molecule has 0 bridgehead atoms. The van der Waals surface area contributed by atoms with E-state index < -0.39 is 5.97 Å². The number of carbonyl (C=O) groups excluding carboxylic acids is 3. The molecule has 0 amide bonds. The molecule has 0 N–H and O–H groups in total. The van der Waals surface area contributed by atoms with Crippen LogP contribution < -0.4 is 0 Å². The number of thioether (sulfide) groups is 1. The summed E-state index contributed by atoms with van der Waals surface area (Å²) in [6.07, 6.45) is 1.71. The second kappa shape index (κ2) is 6.86. The van der Waals surface area contributed by atoms with E-state index in [-0.39, 0.29) is 18.0 Å². The number of Topliss-reactive ketones (excluding diaryl/α,β-unsaturated/α-hetero) is 2. The van der Waals surface area contributed by atoms with E-state index in [1.165, 1.54) is 30.0 Å². The first-order valence-electron chi connectivity index (χ1n) is 5.79. The average molecular weight is 300 g/mol. The molecule has 0 aromatic carbocycles. The zero-order chi connectivity index (χ0) is 14.6. The molecule has 1 aromatic heterocycles. The van der Waals surface area contributed by atoms with Gasteiger partial charge in [-0.25, -0.2) is 4.79 Å². The maximum Gasteiger partial charge on any atom is 0.348 e. The Morgan fingerprint density at radius 2 is 1.95 bits per heavy atom. The molecule has 19 heavy (non-hydrogen) atoms. The summed E-state index contributed by atoms with van der Waals surface area (Å²) in [6.45, 7) is 5.13. The molecule has 0 aliphatic heterocycles. The number of ether oxygens (including phenoxy) is 1. The van der Waals surface area contributed by atoms with E-state index in [0.717, 1.165) is 4.21 Å². The van der Waals surface area contributed by atoms with Crippen molar-refractivity contribution in [2.75, 3.05) is 12.9 Å². The predicted molar refractivity (Wildman–Crippen MR) is 76.4 cm³/mol. The van der Waals surface area contributed by atoms with Gasteiger partial charge in [-0.2, -0.15) is 0 Å². The minimum absolute atomic E-state index is 0.132. The monoisotopic (exact) mass is 300 g/mol. The number of ketones is 2. The summed E-state index contributed by atoms with van der Waals surface area (Å²) in [7, 11) is 0. The number of esters is 1. The molecule has 1 heterocycles. The first-order chi connectivity index (χ1) is 8.92. The van der Waals surface area contributed by atoms with Crippen LogP contribution in [0.2, 0.25) is 0 Å². The molecule has 0 unspecified atom stereocenters. The largest absolute Gasteiger partial charge is 0.462 e. The smallest absolute Gasteiger partial charge is 0.348 e. The topological polar surface area (TPSA) is 60.4 Å². The summed E-state index contributed by atoms with van der Waals surface area (Å²) in [6, 6.07) is 0. The third-order valence-electron chi connectivity index (χ3n) is 2.45. The van der Waals surface area contributed by atoms with Crippen molar-refractivity contribution in [1.29, 1.82) is 0 Å². The number of hydrogen-bond donors (Lipinski definition) is 0. The SMILES string of the molecule is CCOC(=O)c1sc(SC)c(C(=O)CC(C)=O)c1C. The van der Waals surface area contributed by atoms with E-state index in [2.05, 4.69) is 0 Å². The number of rotatable bonds is 6. The lowest BCUT2D eigenvalue weighted by Gasteiger charge is -2.02. The van der Waals surface area contributed by atoms with E-state index >= 15 is 0 Å². The second-order valence-corrected chi connectivity index (χ2v) is 6.04. The van der Waals surface area contributed by atoms with Crippen molar-refractivity contribution in [3.05, 3.63) is 16.0 Å². The van der Waals surface area contributed by atoms with Crippen LogP contribution in [-0.2, 0) is 9.53 Å². The Balaban J connectivity index is 3.20. The van der Waals surface area contributed by atoms with E-state index in [1.807, 2.05) is 6.26 Å². The summed E-state index contributed by atoms with van der Waals surface area (Å²) in [5, 5.41) is 0. The fourth-order valence-electron chi connectivity index (χ4n) is 1.66. The van der Waals surface area contributed by atoms with Gasteiger partial charge in [0.2, 0.25) is 0 Å². The predicted octanol–water partition coefficient (Wildman–Crippen LogP) is 3.12. The Hall–Kier alpha value is -1.14. The van der Waals surface area contributed by atoms with Crippen LogP contribution in [0, 0.1) is 6.92 Å². The van der Waals surface area contributed by atoms with Gasteiger partial charge in [0.15, 0.2) is 5.78 Å². The minimum atomic E-state index is -0.415. The quantitative estimate of drug-likeness (QED) is 0.349. The summed E-state index contributed by atoms with van der Waals surface area (Å²) in [5.74, 6) is -0.830. The fraction of sp³-hybridized carbons (Fsp3) is 0.462. The van der Waals surface area contributed by atoms with Crippen LogP contribution >= 0.6 is 23.1 Å². The highest BCUT2D eigenvalue weighted by Gasteiger charge is 2.25. The molecule has 0 fully saturated rings. The molecule has 0 saturated carbocycles. The first kappa shape index (κ1) is 15.9. The third-order valence-corrected chi connectivity index (χ3v) is 4.84. The van der Waals surface area contributed by atoms with E-state index in [4.69, 9.17) is 4.74 Å². The summed E-state index contributed by atoms with van der Waals surface area (Å²) >= 11 is 2.65. The lowest BCUT2D eigenvalue weighted by molar-refractivity contribution is -0.116. The van der Waals surface area contributed by atoms with Crippen molar-refractivity contribution >= 4 is 40.6 Å². The molecular weight excluding hydrogens is 284 g/mol. The summed E-state index contributed by atoms with van der Waals surface area (Å²) in [5.41, 5.74) is 1.09. The van der Waals surface area contributed by atoms with Gasteiger partial charge in [-0.05, 0) is 32.6 Å². The maximum atomic E-state index is 12.1. The number of hydrogen-bond acceptors (Lipinski definition) is 6. The van der Waals surface area contributed by atoms with Crippen molar-refractivity contribution < 1.29 is 19.1 Å². The lowest BCUT2D eigenvalue weighted by Crippen LogP contribution is -2.08. The van der Waals surface area contributed by atoms with Gasteiger partial charge in [-0.15, -0.1) is 23.1 Å². The van der Waals surface area contributed by atoms with Gasteiger partial charge in [-0.1, -0.05) is 0 Å². The molecule has 6 heteroatoms. The minimum Gasteiger partial charge on any atom is -0.462 e. The van der Waals surface area contributed by atoms with Gasteiger partial charge in [0.1, 0.15) is 10.7 Å². The molecule has 0 atom stereocenters. The van der Waals surface area contributed by atoms with Crippen LogP contribution in [0.3, 0.4) is 0 Å².